The lowest BCUT2D eigenvalue weighted by Crippen LogP contribution is -2.34. The minimum atomic E-state index is -4.85. The SMILES string of the molecule is C[C@@H](Nc1nn(C)c(=O)c2c(CO)c(=O)n(C3(C)CC3)cc12)c1cccc(C(F)(F)F)c1F. The van der Waals surface area contributed by atoms with Crippen molar-refractivity contribution in [3.05, 3.63) is 67.6 Å². The van der Waals surface area contributed by atoms with Crippen molar-refractivity contribution in [3.63, 3.8) is 0 Å². The average molecular weight is 466 g/mol. The van der Waals surface area contributed by atoms with Crippen LogP contribution in [0.25, 0.3) is 10.8 Å². The van der Waals surface area contributed by atoms with E-state index in [1.54, 1.807) is 0 Å². The van der Waals surface area contributed by atoms with Crippen LogP contribution in [0.4, 0.5) is 23.4 Å². The number of fused-ring (bicyclic) bond motifs is 1. The Bertz CT molecular complexity index is 1370. The molecule has 11 heteroatoms. The average Bonchev–Trinajstić information content (AvgIpc) is 3.48. The van der Waals surface area contributed by atoms with Crippen LogP contribution in [-0.2, 0) is 25.4 Å². The van der Waals surface area contributed by atoms with E-state index in [0.29, 0.717) is 6.07 Å². The van der Waals surface area contributed by atoms with Gasteiger partial charge in [0, 0.05) is 29.7 Å². The van der Waals surface area contributed by atoms with E-state index in [4.69, 9.17) is 0 Å². The molecule has 176 valence electrons. The van der Waals surface area contributed by atoms with Gasteiger partial charge in [-0.1, -0.05) is 12.1 Å². The fourth-order valence-electron chi connectivity index (χ4n) is 3.96. The predicted molar refractivity (Wildman–Crippen MR) is 113 cm³/mol. The second kappa shape index (κ2) is 7.68. The van der Waals surface area contributed by atoms with Crippen LogP contribution in [0.5, 0.6) is 0 Å². The number of benzene rings is 1. The third-order valence-electron chi connectivity index (χ3n) is 6.19. The fourth-order valence-corrected chi connectivity index (χ4v) is 3.96. The van der Waals surface area contributed by atoms with Gasteiger partial charge in [-0.3, -0.25) is 9.59 Å². The Morgan fingerprint density at radius 1 is 1.24 bits per heavy atom. The zero-order chi connectivity index (χ0) is 24.3. The largest absolute Gasteiger partial charge is 0.419 e. The van der Waals surface area contributed by atoms with Crippen LogP contribution < -0.4 is 16.4 Å². The number of aliphatic hydroxyl groups is 1. The molecule has 1 aliphatic carbocycles. The molecule has 2 aromatic heterocycles. The Labute approximate surface area is 185 Å². The number of aliphatic hydroxyl groups excluding tert-OH is 1. The van der Waals surface area contributed by atoms with Crippen molar-refractivity contribution in [2.75, 3.05) is 5.32 Å². The molecule has 0 unspecified atom stereocenters. The topological polar surface area (TPSA) is 89.2 Å². The lowest BCUT2D eigenvalue weighted by molar-refractivity contribution is -0.140. The Hall–Kier alpha value is -3.21. The maximum atomic E-state index is 14.7. The molecule has 0 spiro atoms. The van der Waals surface area contributed by atoms with Gasteiger partial charge >= 0.3 is 6.18 Å². The van der Waals surface area contributed by atoms with Crippen molar-refractivity contribution in [2.24, 2.45) is 7.05 Å². The Morgan fingerprint density at radius 3 is 2.48 bits per heavy atom. The van der Waals surface area contributed by atoms with Gasteiger partial charge in [-0.2, -0.15) is 18.3 Å². The van der Waals surface area contributed by atoms with E-state index < -0.39 is 46.9 Å². The summed E-state index contributed by atoms with van der Waals surface area (Å²) in [6.45, 7) is 2.65. The van der Waals surface area contributed by atoms with Crippen LogP contribution in [0.15, 0.2) is 34.0 Å². The first-order chi connectivity index (χ1) is 15.4. The summed E-state index contributed by atoms with van der Waals surface area (Å²) in [7, 11) is 1.34. The van der Waals surface area contributed by atoms with Gasteiger partial charge in [-0.05, 0) is 32.8 Å². The van der Waals surface area contributed by atoms with E-state index in [0.717, 1.165) is 23.6 Å². The standard InChI is InChI=1S/C22H22F4N4O3/c1-11(12-5-4-6-15(17(12)23)22(24,25)26)27-18-13-9-30(21(2)7-8-21)19(32)14(10-31)16(13)20(33)29(3)28-18/h4-6,9,11,31H,7-8,10H2,1-3H3,(H,27,28)/t11-/m1/s1. The number of nitrogens with one attached hydrogen (secondary N) is 1. The van der Waals surface area contributed by atoms with Gasteiger partial charge < -0.3 is 15.0 Å². The van der Waals surface area contributed by atoms with Crippen LogP contribution in [0.2, 0.25) is 0 Å². The lowest BCUT2D eigenvalue weighted by atomic mass is 10.0. The highest BCUT2D eigenvalue weighted by atomic mass is 19.4. The van der Waals surface area contributed by atoms with Crippen molar-refractivity contribution in [2.45, 2.75) is 51.1 Å². The lowest BCUT2D eigenvalue weighted by Gasteiger charge is -2.21. The maximum Gasteiger partial charge on any atom is 0.419 e. The van der Waals surface area contributed by atoms with Crippen LogP contribution in [0, 0.1) is 5.82 Å². The summed E-state index contributed by atoms with van der Waals surface area (Å²) in [4.78, 5) is 25.7. The van der Waals surface area contributed by atoms with Crippen molar-refractivity contribution >= 4 is 16.6 Å². The highest BCUT2D eigenvalue weighted by Crippen LogP contribution is 2.42. The van der Waals surface area contributed by atoms with E-state index in [2.05, 4.69) is 10.4 Å². The number of halogens is 4. The van der Waals surface area contributed by atoms with Gasteiger partial charge in [0.2, 0.25) is 0 Å². The van der Waals surface area contributed by atoms with Crippen LogP contribution >= 0.6 is 0 Å². The van der Waals surface area contributed by atoms with E-state index in [1.807, 2.05) is 6.92 Å². The molecule has 2 heterocycles. The molecule has 1 aromatic carbocycles. The Balaban J connectivity index is 1.90. The number of nitrogens with zero attached hydrogens (tertiary/aromatic N) is 3. The number of hydrogen-bond donors (Lipinski definition) is 2. The normalized spacial score (nSPS) is 16.1. The first kappa shape index (κ1) is 23.0. The van der Waals surface area contributed by atoms with Crippen LogP contribution in [0.1, 0.15) is 49.4 Å². The molecular weight excluding hydrogens is 444 g/mol. The number of alkyl halides is 3. The molecule has 3 aromatic rings. The highest BCUT2D eigenvalue weighted by molar-refractivity contribution is 5.92. The van der Waals surface area contributed by atoms with Gasteiger partial charge in [-0.15, -0.1) is 0 Å². The Morgan fingerprint density at radius 2 is 1.91 bits per heavy atom. The van der Waals surface area contributed by atoms with Crippen molar-refractivity contribution in [1.29, 1.82) is 0 Å². The van der Waals surface area contributed by atoms with Crippen molar-refractivity contribution < 1.29 is 22.7 Å². The second-order valence-electron chi connectivity index (χ2n) is 8.58. The smallest absolute Gasteiger partial charge is 0.391 e. The van der Waals surface area contributed by atoms with E-state index in [-0.39, 0.29) is 27.7 Å². The number of anilines is 1. The molecule has 0 aliphatic heterocycles. The molecule has 0 radical (unpaired) electrons. The first-order valence-electron chi connectivity index (χ1n) is 10.3. The van der Waals surface area contributed by atoms with E-state index in [1.165, 1.54) is 30.8 Å². The quantitative estimate of drug-likeness (QED) is 0.563. The molecule has 0 amide bonds. The van der Waals surface area contributed by atoms with Gasteiger partial charge in [0.05, 0.1) is 29.2 Å². The van der Waals surface area contributed by atoms with Gasteiger partial charge in [0.15, 0.2) is 5.82 Å². The van der Waals surface area contributed by atoms with Crippen molar-refractivity contribution in [1.82, 2.24) is 14.3 Å². The monoisotopic (exact) mass is 466 g/mol. The molecule has 0 saturated heterocycles. The second-order valence-corrected chi connectivity index (χ2v) is 8.58. The molecule has 1 aliphatic rings. The first-order valence-corrected chi connectivity index (χ1v) is 10.3. The zero-order valence-corrected chi connectivity index (χ0v) is 18.1. The van der Waals surface area contributed by atoms with Crippen LogP contribution in [0.3, 0.4) is 0 Å². The van der Waals surface area contributed by atoms with Gasteiger partial charge in [0.25, 0.3) is 11.1 Å². The van der Waals surface area contributed by atoms with Crippen molar-refractivity contribution in [3.8, 4) is 0 Å². The third kappa shape index (κ3) is 3.79. The predicted octanol–water partition coefficient (Wildman–Crippen LogP) is 3.43. The molecular formula is C22H22F4N4O3. The molecule has 1 fully saturated rings. The summed E-state index contributed by atoms with van der Waals surface area (Å²) >= 11 is 0. The molecule has 33 heavy (non-hydrogen) atoms. The zero-order valence-electron chi connectivity index (χ0n) is 18.1. The molecule has 0 bridgehead atoms. The number of hydrogen-bond acceptors (Lipinski definition) is 5. The fraction of sp³-hybridized carbons (Fsp3) is 0.409. The summed E-state index contributed by atoms with van der Waals surface area (Å²) in [5, 5.41) is 17.1. The van der Waals surface area contributed by atoms with Gasteiger partial charge in [0.1, 0.15) is 5.82 Å². The summed E-state index contributed by atoms with van der Waals surface area (Å²) in [5.41, 5.74) is -3.28. The summed E-state index contributed by atoms with van der Waals surface area (Å²) < 4.78 is 56.5. The molecule has 1 atom stereocenters. The summed E-state index contributed by atoms with van der Waals surface area (Å²) in [6, 6.07) is 2.04. The number of aromatic nitrogens is 3. The molecule has 4 rings (SSSR count). The van der Waals surface area contributed by atoms with Crippen LogP contribution in [-0.4, -0.2) is 19.5 Å². The molecule has 2 N–H and O–H groups in total. The Kier molecular flexibility index (Phi) is 5.35. The number of pyridine rings is 1. The molecule has 1 saturated carbocycles. The number of aryl methyl sites for hydroxylation is 1. The highest BCUT2D eigenvalue weighted by Gasteiger charge is 2.41. The summed E-state index contributed by atoms with van der Waals surface area (Å²) in [5.74, 6) is -1.33. The minimum Gasteiger partial charge on any atom is -0.391 e. The van der Waals surface area contributed by atoms with E-state index in [9.17, 15) is 32.3 Å². The molecule has 7 nitrogen and oxygen atoms in total. The third-order valence-corrected chi connectivity index (χ3v) is 6.19. The maximum absolute atomic E-state index is 14.7. The van der Waals surface area contributed by atoms with Gasteiger partial charge in [-0.25, -0.2) is 9.07 Å². The number of rotatable bonds is 5. The summed E-state index contributed by atoms with van der Waals surface area (Å²) in [6.07, 6.45) is -1.92. The minimum absolute atomic E-state index is 0.0419. The van der Waals surface area contributed by atoms with E-state index >= 15 is 0 Å².